The van der Waals surface area contributed by atoms with Crippen LogP contribution in [-0.4, -0.2) is 48.7 Å². The fraction of sp³-hybridized carbons (Fsp3) is 0.636. The summed E-state index contributed by atoms with van der Waals surface area (Å²) < 4.78 is 1.54. The quantitative estimate of drug-likeness (QED) is 0.792. The van der Waals surface area contributed by atoms with Gasteiger partial charge in [0, 0.05) is 13.0 Å². The smallest absolute Gasteiger partial charge is 0.329 e. The van der Waals surface area contributed by atoms with Crippen molar-refractivity contribution in [3.8, 4) is 0 Å². The zero-order chi connectivity index (χ0) is 13.8. The van der Waals surface area contributed by atoms with Gasteiger partial charge in [-0.1, -0.05) is 0 Å². The standard InChI is InChI=1S/C11H18N4O3/c1-4-15(11(2,3)10(17)18)9(16)5-6-14-8-12-7-13-14/h7-8H,4-6H2,1-3H3,(H,17,18). The third-order valence-electron chi connectivity index (χ3n) is 2.84. The number of carbonyl (C=O) groups is 2. The van der Waals surface area contributed by atoms with Gasteiger partial charge in [-0.3, -0.25) is 9.48 Å². The third kappa shape index (κ3) is 3.06. The van der Waals surface area contributed by atoms with Crippen molar-refractivity contribution >= 4 is 11.9 Å². The molecule has 1 aromatic heterocycles. The van der Waals surface area contributed by atoms with Gasteiger partial charge in [-0.2, -0.15) is 5.10 Å². The maximum absolute atomic E-state index is 12.0. The van der Waals surface area contributed by atoms with Gasteiger partial charge in [-0.05, 0) is 20.8 Å². The van der Waals surface area contributed by atoms with Crippen LogP contribution in [0.15, 0.2) is 12.7 Å². The Morgan fingerprint density at radius 2 is 2.11 bits per heavy atom. The van der Waals surface area contributed by atoms with Crippen LogP contribution in [0.2, 0.25) is 0 Å². The van der Waals surface area contributed by atoms with Crippen molar-refractivity contribution in [2.24, 2.45) is 0 Å². The topological polar surface area (TPSA) is 88.3 Å². The van der Waals surface area contributed by atoms with Crippen LogP contribution in [0.5, 0.6) is 0 Å². The summed E-state index contributed by atoms with van der Waals surface area (Å²) in [6, 6.07) is 0. The molecule has 1 N–H and O–H groups in total. The number of aliphatic carboxylic acids is 1. The lowest BCUT2D eigenvalue weighted by molar-refractivity contribution is -0.156. The van der Waals surface area contributed by atoms with E-state index >= 15 is 0 Å². The molecule has 0 spiro atoms. The van der Waals surface area contributed by atoms with E-state index in [0.717, 1.165) is 0 Å². The number of aromatic nitrogens is 3. The summed E-state index contributed by atoms with van der Waals surface area (Å²) in [6.45, 7) is 5.55. The van der Waals surface area contributed by atoms with Crippen molar-refractivity contribution in [2.75, 3.05) is 6.54 Å². The van der Waals surface area contributed by atoms with E-state index in [2.05, 4.69) is 10.1 Å². The summed E-state index contributed by atoms with van der Waals surface area (Å²) in [4.78, 5) is 28.3. The summed E-state index contributed by atoms with van der Waals surface area (Å²) in [5.41, 5.74) is -1.20. The second kappa shape index (κ2) is 5.61. The molecule has 100 valence electrons. The van der Waals surface area contributed by atoms with Gasteiger partial charge in [0.2, 0.25) is 5.91 Å². The van der Waals surface area contributed by atoms with Gasteiger partial charge in [-0.15, -0.1) is 0 Å². The first-order valence-corrected chi connectivity index (χ1v) is 5.75. The lowest BCUT2D eigenvalue weighted by Crippen LogP contribution is -2.53. The van der Waals surface area contributed by atoms with E-state index < -0.39 is 11.5 Å². The fourth-order valence-corrected chi connectivity index (χ4v) is 1.69. The molecule has 0 radical (unpaired) electrons. The average molecular weight is 254 g/mol. The predicted octanol–water partition coefficient (Wildman–Crippen LogP) is 0.380. The summed E-state index contributed by atoms with van der Waals surface area (Å²) in [6.07, 6.45) is 3.11. The predicted molar refractivity (Wildman–Crippen MR) is 63.7 cm³/mol. The van der Waals surface area contributed by atoms with Gasteiger partial charge in [0.15, 0.2) is 0 Å². The number of aryl methyl sites for hydroxylation is 1. The van der Waals surface area contributed by atoms with Gasteiger partial charge >= 0.3 is 5.97 Å². The third-order valence-corrected chi connectivity index (χ3v) is 2.84. The molecule has 1 aromatic rings. The molecule has 1 heterocycles. The number of amides is 1. The number of likely N-dealkylation sites (N-methyl/N-ethyl adjacent to an activating group) is 1. The lowest BCUT2D eigenvalue weighted by Gasteiger charge is -2.34. The molecule has 1 amide bonds. The molecular weight excluding hydrogens is 236 g/mol. The van der Waals surface area contributed by atoms with E-state index in [1.165, 1.54) is 31.4 Å². The van der Waals surface area contributed by atoms with Crippen molar-refractivity contribution < 1.29 is 14.7 Å². The van der Waals surface area contributed by atoms with Crippen molar-refractivity contribution in [3.63, 3.8) is 0 Å². The Balaban J connectivity index is 2.65. The van der Waals surface area contributed by atoms with Crippen LogP contribution in [-0.2, 0) is 16.1 Å². The number of carboxylic acids is 1. The van der Waals surface area contributed by atoms with Gasteiger partial charge in [0.1, 0.15) is 18.2 Å². The van der Waals surface area contributed by atoms with Crippen LogP contribution in [0.4, 0.5) is 0 Å². The highest BCUT2D eigenvalue weighted by atomic mass is 16.4. The molecule has 0 aliphatic carbocycles. The van der Waals surface area contributed by atoms with Crippen LogP contribution >= 0.6 is 0 Å². The Bertz CT molecular complexity index is 414. The Hall–Kier alpha value is -1.92. The molecule has 7 nitrogen and oxygen atoms in total. The minimum absolute atomic E-state index is 0.202. The molecule has 18 heavy (non-hydrogen) atoms. The van der Waals surface area contributed by atoms with Crippen LogP contribution < -0.4 is 0 Å². The maximum Gasteiger partial charge on any atom is 0.329 e. The van der Waals surface area contributed by atoms with Crippen molar-refractivity contribution in [3.05, 3.63) is 12.7 Å². The highest BCUT2D eigenvalue weighted by Gasteiger charge is 2.36. The number of carboxylic acid groups (broad SMARTS) is 1. The summed E-state index contributed by atoms with van der Waals surface area (Å²) >= 11 is 0. The zero-order valence-corrected chi connectivity index (χ0v) is 10.8. The van der Waals surface area contributed by atoms with Gasteiger partial charge < -0.3 is 10.0 Å². The SMILES string of the molecule is CCN(C(=O)CCn1cncn1)C(C)(C)C(=O)O. The fourth-order valence-electron chi connectivity index (χ4n) is 1.69. The van der Waals surface area contributed by atoms with Gasteiger partial charge in [0.05, 0.1) is 6.54 Å². The van der Waals surface area contributed by atoms with Crippen molar-refractivity contribution in [1.29, 1.82) is 0 Å². The van der Waals surface area contributed by atoms with Gasteiger partial charge in [0.25, 0.3) is 0 Å². The maximum atomic E-state index is 12.0. The highest BCUT2D eigenvalue weighted by Crippen LogP contribution is 2.16. The number of hydrogen-bond acceptors (Lipinski definition) is 4. The second-order valence-electron chi connectivity index (χ2n) is 4.41. The molecule has 0 aliphatic rings. The monoisotopic (exact) mass is 254 g/mol. The number of hydrogen-bond donors (Lipinski definition) is 1. The second-order valence-corrected chi connectivity index (χ2v) is 4.41. The molecule has 7 heteroatoms. The molecule has 0 fully saturated rings. The molecule has 0 atom stereocenters. The van der Waals surface area contributed by atoms with E-state index in [9.17, 15) is 9.59 Å². The summed E-state index contributed by atoms with van der Waals surface area (Å²) in [5, 5.41) is 13.0. The molecule has 0 unspecified atom stereocenters. The number of rotatable bonds is 6. The first-order chi connectivity index (χ1) is 8.39. The van der Waals surface area contributed by atoms with E-state index in [1.807, 2.05) is 0 Å². The largest absolute Gasteiger partial charge is 0.480 e. The molecule has 0 bridgehead atoms. The van der Waals surface area contributed by atoms with E-state index in [1.54, 1.807) is 11.6 Å². The van der Waals surface area contributed by atoms with E-state index in [4.69, 9.17) is 5.11 Å². The minimum Gasteiger partial charge on any atom is -0.480 e. The van der Waals surface area contributed by atoms with Gasteiger partial charge in [-0.25, -0.2) is 9.78 Å². The normalized spacial score (nSPS) is 11.3. The first-order valence-electron chi connectivity index (χ1n) is 5.75. The summed E-state index contributed by atoms with van der Waals surface area (Å²) in [7, 11) is 0. The van der Waals surface area contributed by atoms with Crippen LogP contribution in [0.25, 0.3) is 0 Å². The van der Waals surface area contributed by atoms with Crippen LogP contribution in [0.3, 0.4) is 0 Å². The van der Waals surface area contributed by atoms with Crippen LogP contribution in [0.1, 0.15) is 27.2 Å². The number of carbonyl (C=O) groups excluding carboxylic acids is 1. The first kappa shape index (κ1) is 14.1. The molecule has 0 saturated carbocycles. The zero-order valence-electron chi connectivity index (χ0n) is 10.8. The van der Waals surface area contributed by atoms with E-state index in [-0.39, 0.29) is 12.3 Å². The molecule has 0 aliphatic heterocycles. The van der Waals surface area contributed by atoms with Crippen molar-refractivity contribution in [2.45, 2.75) is 39.3 Å². The Morgan fingerprint density at radius 1 is 1.44 bits per heavy atom. The van der Waals surface area contributed by atoms with E-state index in [0.29, 0.717) is 13.1 Å². The average Bonchev–Trinajstić information content (AvgIpc) is 2.79. The molecule has 0 aromatic carbocycles. The molecule has 0 saturated heterocycles. The summed E-state index contributed by atoms with van der Waals surface area (Å²) in [5.74, 6) is -1.22. The Morgan fingerprint density at radius 3 is 2.56 bits per heavy atom. The Labute approximate surface area is 105 Å². The van der Waals surface area contributed by atoms with Crippen LogP contribution in [0, 0.1) is 0 Å². The molecular formula is C11H18N4O3. The number of nitrogens with zero attached hydrogens (tertiary/aromatic N) is 4. The minimum atomic E-state index is -1.20. The molecule has 1 rings (SSSR count). The highest BCUT2D eigenvalue weighted by molar-refractivity contribution is 5.86. The Kier molecular flexibility index (Phi) is 4.41. The lowest BCUT2D eigenvalue weighted by atomic mass is 10.0. The van der Waals surface area contributed by atoms with Crippen molar-refractivity contribution in [1.82, 2.24) is 19.7 Å².